The molecule has 1 unspecified atom stereocenters. The zero-order chi connectivity index (χ0) is 8.16. The third-order valence-electron chi connectivity index (χ3n) is 1.93. The standard InChI is InChI=1S/C8H13NO2/c1-10-7-8(6-9)4-2-3-5-11-8/h2-5,7H2,1H3. The van der Waals surface area contributed by atoms with E-state index < -0.39 is 5.60 Å². The molecule has 11 heavy (non-hydrogen) atoms. The van der Waals surface area contributed by atoms with Crippen LogP contribution in [0.15, 0.2) is 0 Å². The molecule has 1 aliphatic rings. The van der Waals surface area contributed by atoms with Crippen LogP contribution in [0.2, 0.25) is 0 Å². The maximum Gasteiger partial charge on any atom is 0.177 e. The van der Waals surface area contributed by atoms with Crippen LogP contribution in [0.25, 0.3) is 0 Å². The SMILES string of the molecule is COCC1(C#N)CCCCO1. The Bertz CT molecular complexity index is 150. The van der Waals surface area contributed by atoms with Crippen molar-refractivity contribution in [2.24, 2.45) is 0 Å². The second kappa shape index (κ2) is 3.70. The van der Waals surface area contributed by atoms with E-state index in [9.17, 15) is 0 Å². The Morgan fingerprint density at radius 3 is 2.91 bits per heavy atom. The lowest BCUT2D eigenvalue weighted by molar-refractivity contribution is -0.0779. The molecule has 3 heteroatoms. The predicted molar refractivity (Wildman–Crippen MR) is 40.0 cm³/mol. The highest BCUT2D eigenvalue weighted by atomic mass is 16.5. The van der Waals surface area contributed by atoms with Crippen molar-refractivity contribution in [1.82, 2.24) is 0 Å². The molecule has 1 saturated heterocycles. The van der Waals surface area contributed by atoms with E-state index in [1.807, 2.05) is 0 Å². The van der Waals surface area contributed by atoms with Gasteiger partial charge < -0.3 is 9.47 Å². The van der Waals surface area contributed by atoms with Crippen molar-refractivity contribution in [3.63, 3.8) is 0 Å². The molecule has 1 aliphatic heterocycles. The van der Waals surface area contributed by atoms with Gasteiger partial charge in [-0.2, -0.15) is 5.26 Å². The van der Waals surface area contributed by atoms with Gasteiger partial charge in [-0.25, -0.2) is 0 Å². The Balaban J connectivity index is 2.51. The Morgan fingerprint density at radius 1 is 1.64 bits per heavy atom. The number of ether oxygens (including phenoxy) is 2. The van der Waals surface area contributed by atoms with E-state index in [0.717, 1.165) is 19.3 Å². The summed E-state index contributed by atoms with van der Waals surface area (Å²) < 4.78 is 10.3. The highest BCUT2D eigenvalue weighted by Crippen LogP contribution is 2.24. The molecule has 0 N–H and O–H groups in total. The van der Waals surface area contributed by atoms with E-state index in [0.29, 0.717) is 13.2 Å². The van der Waals surface area contributed by atoms with Crippen molar-refractivity contribution in [2.75, 3.05) is 20.3 Å². The number of rotatable bonds is 2. The third-order valence-corrected chi connectivity index (χ3v) is 1.93. The summed E-state index contributed by atoms with van der Waals surface area (Å²) in [5.74, 6) is 0. The largest absolute Gasteiger partial charge is 0.381 e. The fourth-order valence-electron chi connectivity index (χ4n) is 1.32. The van der Waals surface area contributed by atoms with E-state index in [-0.39, 0.29) is 0 Å². The monoisotopic (exact) mass is 155 g/mol. The number of hydrogen-bond acceptors (Lipinski definition) is 3. The van der Waals surface area contributed by atoms with Crippen LogP contribution in [0.4, 0.5) is 0 Å². The zero-order valence-electron chi connectivity index (χ0n) is 6.80. The molecule has 0 aromatic carbocycles. The van der Waals surface area contributed by atoms with E-state index in [1.165, 1.54) is 0 Å². The molecule has 0 amide bonds. The molecule has 3 nitrogen and oxygen atoms in total. The Morgan fingerprint density at radius 2 is 2.45 bits per heavy atom. The van der Waals surface area contributed by atoms with Crippen molar-refractivity contribution in [3.05, 3.63) is 0 Å². The summed E-state index contributed by atoms with van der Waals surface area (Å²) in [6.45, 7) is 1.08. The van der Waals surface area contributed by atoms with Crippen LogP contribution < -0.4 is 0 Å². The summed E-state index contributed by atoms with van der Waals surface area (Å²) in [4.78, 5) is 0. The van der Waals surface area contributed by atoms with Gasteiger partial charge in [-0.3, -0.25) is 0 Å². The number of methoxy groups -OCH3 is 1. The molecule has 1 rings (SSSR count). The molecule has 0 spiro atoms. The smallest absolute Gasteiger partial charge is 0.177 e. The van der Waals surface area contributed by atoms with Crippen LogP contribution in [0.3, 0.4) is 0 Å². The molecule has 1 fully saturated rings. The van der Waals surface area contributed by atoms with Crippen LogP contribution in [-0.2, 0) is 9.47 Å². The Labute approximate surface area is 66.9 Å². The summed E-state index contributed by atoms with van der Waals surface area (Å²) in [6.07, 6.45) is 2.93. The van der Waals surface area contributed by atoms with Crippen molar-refractivity contribution >= 4 is 0 Å². The second-order valence-corrected chi connectivity index (χ2v) is 2.84. The summed E-state index contributed by atoms with van der Waals surface area (Å²) in [7, 11) is 1.59. The van der Waals surface area contributed by atoms with Gasteiger partial charge in [-0.05, 0) is 19.3 Å². The average molecular weight is 155 g/mol. The van der Waals surface area contributed by atoms with Gasteiger partial charge in [0, 0.05) is 13.7 Å². The number of nitriles is 1. The lowest BCUT2D eigenvalue weighted by atomic mass is 9.96. The normalized spacial score (nSPS) is 31.3. The molecule has 0 aromatic rings. The molecule has 0 aliphatic carbocycles. The fraction of sp³-hybridized carbons (Fsp3) is 0.875. The lowest BCUT2D eigenvalue weighted by Gasteiger charge is -2.29. The minimum absolute atomic E-state index is 0.392. The molecule has 1 atom stereocenters. The molecule has 0 radical (unpaired) electrons. The van der Waals surface area contributed by atoms with Gasteiger partial charge in [0.15, 0.2) is 5.60 Å². The highest BCUT2D eigenvalue weighted by Gasteiger charge is 2.33. The van der Waals surface area contributed by atoms with Gasteiger partial charge in [0.05, 0.1) is 6.61 Å². The first-order valence-electron chi connectivity index (χ1n) is 3.87. The second-order valence-electron chi connectivity index (χ2n) is 2.84. The van der Waals surface area contributed by atoms with E-state index in [1.54, 1.807) is 7.11 Å². The topological polar surface area (TPSA) is 42.2 Å². The lowest BCUT2D eigenvalue weighted by Crippen LogP contribution is -2.39. The van der Waals surface area contributed by atoms with Crippen molar-refractivity contribution < 1.29 is 9.47 Å². The summed E-state index contributed by atoms with van der Waals surface area (Å²) in [6, 6.07) is 2.17. The van der Waals surface area contributed by atoms with Gasteiger partial charge in [0.25, 0.3) is 0 Å². The summed E-state index contributed by atoms with van der Waals surface area (Å²) >= 11 is 0. The van der Waals surface area contributed by atoms with Crippen LogP contribution in [0.5, 0.6) is 0 Å². The van der Waals surface area contributed by atoms with Gasteiger partial charge >= 0.3 is 0 Å². The van der Waals surface area contributed by atoms with Crippen LogP contribution in [-0.4, -0.2) is 25.9 Å². The third kappa shape index (κ3) is 1.92. The first-order chi connectivity index (χ1) is 5.33. The highest BCUT2D eigenvalue weighted by molar-refractivity contribution is 5.03. The van der Waals surface area contributed by atoms with E-state index in [4.69, 9.17) is 14.7 Å². The average Bonchev–Trinajstić information content (AvgIpc) is 2.07. The number of hydrogen-bond donors (Lipinski definition) is 0. The van der Waals surface area contributed by atoms with Crippen LogP contribution >= 0.6 is 0 Å². The molecule has 0 aromatic heterocycles. The maximum atomic E-state index is 8.82. The van der Waals surface area contributed by atoms with Crippen molar-refractivity contribution in [1.29, 1.82) is 5.26 Å². The Kier molecular flexibility index (Phi) is 2.86. The van der Waals surface area contributed by atoms with Gasteiger partial charge in [0.2, 0.25) is 0 Å². The fourth-order valence-corrected chi connectivity index (χ4v) is 1.32. The van der Waals surface area contributed by atoms with E-state index >= 15 is 0 Å². The molecule has 0 bridgehead atoms. The molecular formula is C8H13NO2. The quantitative estimate of drug-likeness (QED) is 0.599. The zero-order valence-corrected chi connectivity index (χ0v) is 6.80. The maximum absolute atomic E-state index is 8.82. The molecular weight excluding hydrogens is 142 g/mol. The molecule has 62 valence electrons. The van der Waals surface area contributed by atoms with E-state index in [2.05, 4.69) is 6.07 Å². The van der Waals surface area contributed by atoms with Crippen LogP contribution in [0.1, 0.15) is 19.3 Å². The van der Waals surface area contributed by atoms with Crippen molar-refractivity contribution in [2.45, 2.75) is 24.9 Å². The van der Waals surface area contributed by atoms with Crippen LogP contribution in [0, 0.1) is 11.3 Å². The summed E-state index contributed by atoms with van der Waals surface area (Å²) in [5, 5.41) is 8.82. The minimum Gasteiger partial charge on any atom is -0.381 e. The molecule has 1 heterocycles. The summed E-state index contributed by atoms with van der Waals surface area (Å²) in [5.41, 5.74) is -0.646. The minimum atomic E-state index is -0.646. The molecule has 0 saturated carbocycles. The van der Waals surface area contributed by atoms with Gasteiger partial charge in [-0.15, -0.1) is 0 Å². The van der Waals surface area contributed by atoms with Gasteiger partial charge in [-0.1, -0.05) is 0 Å². The van der Waals surface area contributed by atoms with Gasteiger partial charge in [0.1, 0.15) is 6.07 Å². The first-order valence-corrected chi connectivity index (χ1v) is 3.87. The Hall–Kier alpha value is -0.590. The number of nitrogens with zero attached hydrogens (tertiary/aromatic N) is 1. The van der Waals surface area contributed by atoms with Crippen molar-refractivity contribution in [3.8, 4) is 6.07 Å². The first kappa shape index (κ1) is 8.51. The predicted octanol–water partition coefficient (Wildman–Crippen LogP) is 1.10.